The number of likely N-dealkylation sites (tertiary alicyclic amines) is 1. The Kier molecular flexibility index (Phi) is 6.86. The Morgan fingerprint density at radius 3 is 2.50 bits per heavy atom. The van der Waals surface area contributed by atoms with Gasteiger partial charge in [-0.3, -0.25) is 9.69 Å². The van der Waals surface area contributed by atoms with Crippen LogP contribution in [0.4, 0.5) is 8.78 Å². The first kappa shape index (κ1) is 20.5. The molecule has 0 spiro atoms. The number of alkyl halides is 2. The number of halogens is 2. The van der Waals surface area contributed by atoms with Gasteiger partial charge in [-0.1, -0.05) is 13.8 Å². The second kappa shape index (κ2) is 8.70. The maximum atomic E-state index is 13.3. The molecule has 1 saturated heterocycles. The minimum atomic E-state index is -1.45. The lowest BCUT2D eigenvalue weighted by Gasteiger charge is -2.20. The highest BCUT2D eigenvalue weighted by atomic mass is 19.2. The molecular formula is C18H27F2N3O3. The Balaban J connectivity index is 2.21. The van der Waals surface area contributed by atoms with E-state index in [1.807, 2.05) is 13.8 Å². The molecule has 0 amide bonds. The Labute approximate surface area is 152 Å². The van der Waals surface area contributed by atoms with Crippen molar-refractivity contribution in [3.63, 3.8) is 0 Å². The molecule has 0 unspecified atom stereocenters. The van der Waals surface area contributed by atoms with E-state index in [-0.39, 0.29) is 24.6 Å². The summed E-state index contributed by atoms with van der Waals surface area (Å²) >= 11 is 0. The fourth-order valence-electron chi connectivity index (χ4n) is 3.17. The molecule has 0 aromatic carbocycles. The number of nitrogens with zero attached hydrogens (tertiary/aromatic N) is 3. The number of ether oxygens (including phenoxy) is 1. The average Bonchev–Trinajstić information content (AvgIpc) is 2.91. The molecule has 0 N–H and O–H groups in total. The molecule has 0 saturated carbocycles. The number of esters is 1. The van der Waals surface area contributed by atoms with Gasteiger partial charge in [0.05, 0.1) is 12.8 Å². The number of rotatable bonds is 7. The molecule has 0 bridgehead atoms. The van der Waals surface area contributed by atoms with Crippen LogP contribution in [0, 0.1) is 12.8 Å². The van der Waals surface area contributed by atoms with Crippen LogP contribution in [0.5, 0.6) is 0 Å². The zero-order valence-corrected chi connectivity index (χ0v) is 15.7. The van der Waals surface area contributed by atoms with Crippen LogP contribution >= 0.6 is 0 Å². The highest BCUT2D eigenvalue weighted by Crippen LogP contribution is 2.19. The van der Waals surface area contributed by atoms with E-state index < -0.39 is 24.4 Å². The van der Waals surface area contributed by atoms with E-state index in [1.54, 1.807) is 17.9 Å². The molecule has 2 heterocycles. The summed E-state index contributed by atoms with van der Waals surface area (Å²) in [5.41, 5.74) is 0.747. The third-order valence-corrected chi connectivity index (χ3v) is 4.57. The van der Waals surface area contributed by atoms with Crippen LogP contribution in [-0.2, 0) is 16.0 Å². The third-order valence-electron chi connectivity index (χ3n) is 4.57. The minimum absolute atomic E-state index is 0.0674. The van der Waals surface area contributed by atoms with Crippen molar-refractivity contribution in [3.8, 4) is 0 Å². The second-order valence-corrected chi connectivity index (χ2v) is 7.28. The van der Waals surface area contributed by atoms with Crippen LogP contribution in [0.3, 0.4) is 0 Å². The summed E-state index contributed by atoms with van der Waals surface area (Å²) in [4.78, 5) is 26.3. The third kappa shape index (κ3) is 4.87. The Bertz CT molecular complexity index is 683. The van der Waals surface area contributed by atoms with Gasteiger partial charge >= 0.3 is 5.97 Å². The molecule has 1 aromatic heterocycles. The summed E-state index contributed by atoms with van der Waals surface area (Å²) in [6, 6.07) is 0.877. The molecular weight excluding hydrogens is 344 g/mol. The number of hydrogen-bond acceptors (Lipinski definition) is 5. The molecule has 2 rings (SSSR count). The highest BCUT2D eigenvalue weighted by molar-refractivity contribution is 5.73. The highest BCUT2D eigenvalue weighted by Gasteiger charge is 2.32. The SMILES string of the molecule is COC(=O)[C@H](CC(C)C)n1nc(CCN2C[C@@H](F)[C@@H](F)C2)cc(C)c1=O. The van der Waals surface area contributed by atoms with Crippen molar-refractivity contribution in [1.29, 1.82) is 0 Å². The summed E-state index contributed by atoms with van der Waals surface area (Å²) in [7, 11) is 1.28. The van der Waals surface area contributed by atoms with E-state index in [9.17, 15) is 18.4 Å². The summed E-state index contributed by atoms with van der Waals surface area (Å²) in [5.74, 6) is -0.339. The minimum Gasteiger partial charge on any atom is -0.467 e. The molecule has 0 radical (unpaired) electrons. The van der Waals surface area contributed by atoms with Gasteiger partial charge in [-0.05, 0) is 25.3 Å². The Morgan fingerprint density at radius 1 is 1.35 bits per heavy atom. The van der Waals surface area contributed by atoms with E-state index >= 15 is 0 Å². The van der Waals surface area contributed by atoms with Crippen molar-refractivity contribution in [2.24, 2.45) is 5.92 Å². The van der Waals surface area contributed by atoms with Gasteiger partial charge in [0, 0.05) is 31.6 Å². The largest absolute Gasteiger partial charge is 0.467 e. The monoisotopic (exact) mass is 371 g/mol. The number of hydrogen-bond donors (Lipinski definition) is 0. The molecule has 6 nitrogen and oxygen atoms in total. The number of carbonyl (C=O) groups is 1. The first-order chi connectivity index (χ1) is 12.2. The number of methoxy groups -OCH3 is 1. The van der Waals surface area contributed by atoms with E-state index in [4.69, 9.17) is 4.74 Å². The predicted octanol–water partition coefficient (Wildman–Crippen LogP) is 1.85. The predicted molar refractivity (Wildman–Crippen MR) is 93.7 cm³/mol. The van der Waals surface area contributed by atoms with Gasteiger partial charge in [0.1, 0.15) is 12.3 Å². The molecule has 8 heteroatoms. The van der Waals surface area contributed by atoms with Crippen molar-refractivity contribution in [2.75, 3.05) is 26.7 Å². The van der Waals surface area contributed by atoms with Gasteiger partial charge in [-0.25, -0.2) is 18.3 Å². The van der Waals surface area contributed by atoms with Crippen molar-refractivity contribution in [1.82, 2.24) is 14.7 Å². The van der Waals surface area contributed by atoms with Crippen molar-refractivity contribution >= 4 is 5.97 Å². The fraction of sp³-hybridized carbons (Fsp3) is 0.722. The molecule has 1 aliphatic heterocycles. The summed E-state index contributed by atoms with van der Waals surface area (Å²) in [6.07, 6.45) is -2.03. The van der Waals surface area contributed by atoms with E-state index in [0.717, 1.165) is 0 Å². The quantitative estimate of drug-likeness (QED) is 0.685. The lowest BCUT2D eigenvalue weighted by atomic mass is 10.0. The molecule has 146 valence electrons. The molecule has 0 aliphatic carbocycles. The summed E-state index contributed by atoms with van der Waals surface area (Å²) in [5, 5.41) is 4.34. The number of aromatic nitrogens is 2. The van der Waals surface area contributed by atoms with Crippen molar-refractivity contribution < 1.29 is 18.3 Å². The first-order valence-electron chi connectivity index (χ1n) is 8.90. The smallest absolute Gasteiger partial charge is 0.330 e. The standard InChI is InChI=1S/C18H27F2N3O3/c1-11(2)7-16(18(25)26-4)23-17(24)12(3)8-13(21-23)5-6-22-9-14(19)15(20)10-22/h8,11,14-16H,5-7,9-10H2,1-4H3/t14-,15+,16-/m0/s1. The van der Waals surface area contributed by atoms with Gasteiger partial charge < -0.3 is 4.74 Å². The maximum Gasteiger partial charge on any atom is 0.330 e. The maximum absolute atomic E-state index is 13.3. The van der Waals surface area contributed by atoms with E-state index in [0.29, 0.717) is 30.6 Å². The first-order valence-corrected chi connectivity index (χ1v) is 8.90. The van der Waals surface area contributed by atoms with Gasteiger partial charge in [-0.2, -0.15) is 5.10 Å². The van der Waals surface area contributed by atoms with E-state index in [1.165, 1.54) is 11.8 Å². The number of aryl methyl sites for hydroxylation is 1. The van der Waals surface area contributed by atoms with Crippen LogP contribution in [0.2, 0.25) is 0 Å². The van der Waals surface area contributed by atoms with Gasteiger partial charge in [0.25, 0.3) is 5.56 Å². The lowest BCUT2D eigenvalue weighted by molar-refractivity contribution is -0.145. The normalized spacial score (nSPS) is 22.0. The van der Waals surface area contributed by atoms with Crippen LogP contribution in [0.25, 0.3) is 0 Å². The van der Waals surface area contributed by atoms with Crippen LogP contribution in [0.15, 0.2) is 10.9 Å². The summed E-state index contributed by atoms with van der Waals surface area (Å²) in [6.45, 7) is 6.14. The Morgan fingerprint density at radius 2 is 1.96 bits per heavy atom. The zero-order valence-electron chi connectivity index (χ0n) is 15.7. The zero-order chi connectivity index (χ0) is 19.4. The Hall–Kier alpha value is -1.83. The molecule has 3 atom stereocenters. The molecule has 1 aliphatic rings. The lowest BCUT2D eigenvalue weighted by Crippen LogP contribution is -2.35. The van der Waals surface area contributed by atoms with E-state index in [2.05, 4.69) is 5.10 Å². The van der Waals surface area contributed by atoms with Crippen LogP contribution in [-0.4, -0.2) is 59.7 Å². The average molecular weight is 371 g/mol. The second-order valence-electron chi connectivity index (χ2n) is 7.28. The van der Waals surface area contributed by atoms with Crippen LogP contribution in [0.1, 0.15) is 37.6 Å². The molecule has 1 aromatic rings. The molecule has 26 heavy (non-hydrogen) atoms. The van der Waals surface area contributed by atoms with Gasteiger partial charge in [-0.15, -0.1) is 0 Å². The number of carbonyl (C=O) groups excluding carboxylic acids is 1. The van der Waals surface area contributed by atoms with Gasteiger partial charge in [0.2, 0.25) is 0 Å². The topological polar surface area (TPSA) is 64.4 Å². The van der Waals surface area contributed by atoms with Crippen molar-refractivity contribution in [3.05, 3.63) is 27.7 Å². The van der Waals surface area contributed by atoms with Crippen molar-refractivity contribution in [2.45, 2.75) is 52.0 Å². The summed E-state index contributed by atoms with van der Waals surface area (Å²) < 4.78 is 32.6. The van der Waals surface area contributed by atoms with Crippen LogP contribution < -0.4 is 5.56 Å². The fourth-order valence-corrected chi connectivity index (χ4v) is 3.17. The molecule has 1 fully saturated rings. The van der Waals surface area contributed by atoms with Gasteiger partial charge in [0.15, 0.2) is 6.04 Å².